The number of anilines is 1. The maximum absolute atomic E-state index is 13.1. The van der Waals surface area contributed by atoms with E-state index in [4.69, 9.17) is 5.26 Å². The van der Waals surface area contributed by atoms with Gasteiger partial charge in [-0.1, -0.05) is 12.8 Å². The molecule has 0 spiro atoms. The second-order valence-electron chi connectivity index (χ2n) is 5.53. The summed E-state index contributed by atoms with van der Waals surface area (Å²) in [6.45, 7) is 0.354. The van der Waals surface area contributed by atoms with E-state index < -0.39 is 24.2 Å². The van der Waals surface area contributed by atoms with Crippen molar-refractivity contribution >= 4 is 11.8 Å². The summed E-state index contributed by atoms with van der Waals surface area (Å²) < 4.78 is 40.8. The minimum atomic E-state index is -4.47. The Morgan fingerprint density at radius 1 is 1.48 bits per heavy atom. The number of nitrogens with zero attached hydrogens (tertiary/aromatic N) is 3. The molecule has 2 N–H and O–H groups in total. The summed E-state index contributed by atoms with van der Waals surface area (Å²) in [6.07, 6.45) is -0.233. The molecule has 1 fully saturated rings. The Bertz CT molecular complexity index is 572. The third-order valence-corrected chi connectivity index (χ3v) is 3.85. The molecule has 1 aliphatic carbocycles. The van der Waals surface area contributed by atoms with Crippen molar-refractivity contribution < 1.29 is 18.0 Å². The Kier molecular flexibility index (Phi) is 5.47. The molecule has 1 unspecified atom stereocenters. The number of alkyl halides is 3. The average molecular weight is 329 g/mol. The van der Waals surface area contributed by atoms with E-state index in [9.17, 15) is 18.0 Å². The van der Waals surface area contributed by atoms with Crippen LogP contribution in [0.4, 0.5) is 23.8 Å². The van der Waals surface area contributed by atoms with E-state index in [1.165, 1.54) is 10.7 Å². The molecule has 0 bridgehead atoms. The predicted octanol–water partition coefficient (Wildman–Crippen LogP) is 3.04. The predicted molar refractivity (Wildman–Crippen MR) is 76.4 cm³/mol. The normalized spacial score (nSPS) is 16.8. The molecule has 1 saturated carbocycles. The fraction of sp³-hybridized carbons (Fsp3) is 0.643. The molecule has 0 radical (unpaired) electrons. The monoisotopic (exact) mass is 329 g/mol. The Balaban J connectivity index is 1.93. The number of hydrogen-bond donors (Lipinski definition) is 2. The first-order chi connectivity index (χ1) is 10.9. The van der Waals surface area contributed by atoms with Crippen LogP contribution in [0.1, 0.15) is 32.1 Å². The van der Waals surface area contributed by atoms with Crippen molar-refractivity contribution in [2.45, 2.75) is 50.9 Å². The Hall–Kier alpha value is -2.24. The highest BCUT2D eigenvalue weighted by molar-refractivity contribution is 5.88. The van der Waals surface area contributed by atoms with E-state index in [1.54, 1.807) is 6.20 Å². The molecule has 1 atom stereocenters. The lowest BCUT2D eigenvalue weighted by molar-refractivity contribution is -0.164. The number of hydrogen-bond acceptors (Lipinski definition) is 3. The zero-order valence-corrected chi connectivity index (χ0v) is 12.4. The van der Waals surface area contributed by atoms with E-state index in [0.29, 0.717) is 19.4 Å². The van der Waals surface area contributed by atoms with Crippen LogP contribution in [0, 0.1) is 17.2 Å². The zero-order chi connectivity index (χ0) is 16.9. The van der Waals surface area contributed by atoms with Crippen molar-refractivity contribution in [2.24, 2.45) is 5.92 Å². The molecule has 1 aromatic rings. The number of carbonyl (C=O) groups is 1. The van der Waals surface area contributed by atoms with Gasteiger partial charge < -0.3 is 5.32 Å². The summed E-state index contributed by atoms with van der Waals surface area (Å²) in [7, 11) is 0. The number of amides is 2. The van der Waals surface area contributed by atoms with Gasteiger partial charge in [0.15, 0.2) is 5.82 Å². The smallest absolute Gasteiger partial charge is 0.326 e. The van der Waals surface area contributed by atoms with Crippen LogP contribution in [0.15, 0.2) is 12.3 Å². The fourth-order valence-electron chi connectivity index (χ4n) is 2.77. The summed E-state index contributed by atoms with van der Waals surface area (Å²) >= 11 is 0. The molecule has 1 aromatic heterocycles. The van der Waals surface area contributed by atoms with Gasteiger partial charge >= 0.3 is 12.2 Å². The van der Waals surface area contributed by atoms with E-state index >= 15 is 0 Å². The maximum atomic E-state index is 13.1. The molecule has 1 heterocycles. The SMILES string of the molecule is N#CCCn1ccc(NC(=O)NC(C2CCCC2)C(F)(F)F)n1. The van der Waals surface area contributed by atoms with Gasteiger partial charge in [0, 0.05) is 12.3 Å². The molecule has 0 saturated heterocycles. The van der Waals surface area contributed by atoms with Gasteiger partial charge in [0.1, 0.15) is 6.04 Å². The summed E-state index contributed by atoms with van der Waals surface area (Å²) in [5.41, 5.74) is 0. The number of halogens is 3. The van der Waals surface area contributed by atoms with Gasteiger partial charge in [-0.3, -0.25) is 10.00 Å². The Morgan fingerprint density at radius 2 is 2.17 bits per heavy atom. The van der Waals surface area contributed by atoms with Gasteiger partial charge in [-0.25, -0.2) is 4.79 Å². The van der Waals surface area contributed by atoms with E-state index in [-0.39, 0.29) is 12.2 Å². The summed E-state index contributed by atoms with van der Waals surface area (Å²) in [6, 6.07) is 0.654. The summed E-state index contributed by atoms with van der Waals surface area (Å²) in [4.78, 5) is 11.8. The van der Waals surface area contributed by atoms with Crippen LogP contribution < -0.4 is 10.6 Å². The quantitative estimate of drug-likeness (QED) is 0.871. The highest BCUT2D eigenvalue weighted by atomic mass is 19.4. The van der Waals surface area contributed by atoms with Crippen LogP contribution in [-0.2, 0) is 6.54 Å². The molecule has 9 heteroatoms. The van der Waals surface area contributed by atoms with Crippen LogP contribution in [0.5, 0.6) is 0 Å². The molecule has 6 nitrogen and oxygen atoms in total. The molecule has 0 aliphatic heterocycles. The second kappa shape index (κ2) is 7.35. The number of aromatic nitrogens is 2. The van der Waals surface area contributed by atoms with Gasteiger partial charge in [-0.05, 0) is 18.8 Å². The molecule has 23 heavy (non-hydrogen) atoms. The van der Waals surface area contributed by atoms with Gasteiger partial charge in [-0.15, -0.1) is 0 Å². The number of urea groups is 1. The van der Waals surface area contributed by atoms with E-state index in [1.807, 2.05) is 11.4 Å². The van der Waals surface area contributed by atoms with Gasteiger partial charge in [-0.2, -0.15) is 23.5 Å². The van der Waals surface area contributed by atoms with Gasteiger partial charge in [0.25, 0.3) is 0 Å². The lowest BCUT2D eigenvalue weighted by Gasteiger charge is -2.26. The van der Waals surface area contributed by atoms with Gasteiger partial charge in [0.05, 0.1) is 19.0 Å². The molecule has 2 rings (SSSR count). The third kappa shape index (κ3) is 4.87. The lowest BCUT2D eigenvalue weighted by Crippen LogP contribution is -2.50. The summed E-state index contributed by atoms with van der Waals surface area (Å²) in [5.74, 6) is -0.429. The van der Waals surface area contributed by atoms with Crippen molar-refractivity contribution in [3.05, 3.63) is 12.3 Å². The van der Waals surface area contributed by atoms with Crippen molar-refractivity contribution in [1.29, 1.82) is 5.26 Å². The largest absolute Gasteiger partial charge is 0.408 e. The van der Waals surface area contributed by atoms with Crippen LogP contribution in [0.3, 0.4) is 0 Å². The van der Waals surface area contributed by atoms with Crippen molar-refractivity contribution in [1.82, 2.24) is 15.1 Å². The Morgan fingerprint density at radius 3 is 2.78 bits per heavy atom. The molecular weight excluding hydrogens is 311 g/mol. The number of aryl methyl sites for hydroxylation is 1. The minimum Gasteiger partial charge on any atom is -0.326 e. The first kappa shape index (κ1) is 17.1. The average Bonchev–Trinajstić information content (AvgIpc) is 3.13. The molecule has 2 amide bonds. The van der Waals surface area contributed by atoms with Crippen LogP contribution in [0.2, 0.25) is 0 Å². The van der Waals surface area contributed by atoms with Gasteiger partial charge in [0.2, 0.25) is 0 Å². The first-order valence-electron chi connectivity index (χ1n) is 7.45. The maximum Gasteiger partial charge on any atom is 0.408 e. The zero-order valence-electron chi connectivity index (χ0n) is 12.4. The first-order valence-corrected chi connectivity index (χ1v) is 7.45. The fourth-order valence-corrected chi connectivity index (χ4v) is 2.77. The number of nitrogens with one attached hydrogen (secondary N) is 2. The highest BCUT2D eigenvalue weighted by Gasteiger charge is 2.46. The van der Waals surface area contributed by atoms with Crippen LogP contribution in [0.25, 0.3) is 0 Å². The number of nitriles is 1. The van der Waals surface area contributed by atoms with Crippen molar-refractivity contribution in [3.8, 4) is 6.07 Å². The summed E-state index contributed by atoms with van der Waals surface area (Å²) in [5, 5.41) is 16.8. The van der Waals surface area contributed by atoms with Crippen molar-refractivity contribution in [2.75, 3.05) is 5.32 Å². The van der Waals surface area contributed by atoms with Crippen LogP contribution >= 0.6 is 0 Å². The molecule has 1 aliphatic rings. The Labute approximate surface area is 131 Å². The standard InChI is InChI=1S/C14H18F3N5O/c15-14(16,17)12(10-4-1-2-5-10)20-13(23)19-11-6-9-22(21-11)8-3-7-18/h6,9-10,12H,1-5,8H2,(H2,19,20,21,23). The number of carbonyl (C=O) groups excluding carboxylic acids is 1. The van der Waals surface area contributed by atoms with Crippen LogP contribution in [-0.4, -0.2) is 28.0 Å². The second-order valence-corrected chi connectivity index (χ2v) is 5.53. The minimum absolute atomic E-state index is 0.146. The molecular formula is C14H18F3N5O. The number of rotatable bonds is 5. The highest BCUT2D eigenvalue weighted by Crippen LogP contribution is 2.35. The molecule has 0 aromatic carbocycles. The van der Waals surface area contributed by atoms with Crippen molar-refractivity contribution in [3.63, 3.8) is 0 Å². The lowest BCUT2D eigenvalue weighted by atomic mass is 9.98. The topological polar surface area (TPSA) is 82.7 Å². The van der Waals surface area contributed by atoms with E-state index in [0.717, 1.165) is 12.8 Å². The molecule has 126 valence electrons. The van der Waals surface area contributed by atoms with E-state index in [2.05, 4.69) is 10.4 Å². The third-order valence-electron chi connectivity index (χ3n) is 3.85.